The second-order valence-corrected chi connectivity index (χ2v) is 4.78. The molecule has 0 N–H and O–H groups in total. The van der Waals surface area contributed by atoms with Crippen LogP contribution in [0.5, 0.6) is 0 Å². The maximum atomic E-state index is 6.06. The molecule has 17 heavy (non-hydrogen) atoms. The van der Waals surface area contributed by atoms with Crippen molar-refractivity contribution in [2.24, 2.45) is 0 Å². The van der Waals surface area contributed by atoms with Crippen LogP contribution in [0.1, 0.15) is 42.2 Å². The first kappa shape index (κ1) is 12.0. The molecule has 0 aliphatic heterocycles. The van der Waals surface area contributed by atoms with Crippen LogP contribution in [0.3, 0.4) is 0 Å². The van der Waals surface area contributed by atoms with E-state index in [4.69, 9.17) is 11.6 Å². The van der Waals surface area contributed by atoms with Gasteiger partial charge in [0.25, 0.3) is 0 Å². The number of halogens is 1. The summed E-state index contributed by atoms with van der Waals surface area (Å²) in [5, 5.41) is 11.5. The molecule has 0 aliphatic rings. The van der Waals surface area contributed by atoms with E-state index < -0.39 is 0 Å². The number of benzene rings is 1. The van der Waals surface area contributed by atoms with Gasteiger partial charge in [-0.2, -0.15) is 0 Å². The van der Waals surface area contributed by atoms with Crippen molar-refractivity contribution in [2.75, 3.05) is 0 Å². The van der Waals surface area contributed by atoms with Crippen LogP contribution in [-0.2, 0) is 0 Å². The van der Waals surface area contributed by atoms with Crippen molar-refractivity contribution in [3.63, 3.8) is 0 Å². The van der Waals surface area contributed by atoms with Gasteiger partial charge in [0, 0.05) is 0 Å². The summed E-state index contributed by atoms with van der Waals surface area (Å²) < 4.78 is 1.78. The van der Waals surface area contributed by atoms with Gasteiger partial charge in [0.1, 0.15) is 0 Å². The van der Waals surface area contributed by atoms with Crippen LogP contribution in [0.25, 0.3) is 0 Å². The van der Waals surface area contributed by atoms with Crippen molar-refractivity contribution in [3.05, 3.63) is 41.2 Å². The average molecular weight is 251 g/mol. The Kier molecular flexibility index (Phi) is 3.43. The molecule has 0 saturated carbocycles. The zero-order valence-electron chi connectivity index (χ0n) is 10.1. The zero-order chi connectivity index (χ0) is 12.4. The molecule has 0 bridgehead atoms. The van der Waals surface area contributed by atoms with E-state index in [0.717, 1.165) is 0 Å². The number of tetrazole rings is 1. The van der Waals surface area contributed by atoms with Gasteiger partial charge in [-0.05, 0) is 42.3 Å². The molecule has 2 atom stereocenters. The van der Waals surface area contributed by atoms with Crippen LogP contribution < -0.4 is 0 Å². The van der Waals surface area contributed by atoms with Gasteiger partial charge in [-0.1, -0.05) is 24.3 Å². The van der Waals surface area contributed by atoms with Crippen molar-refractivity contribution >= 4 is 11.6 Å². The van der Waals surface area contributed by atoms with Crippen molar-refractivity contribution in [1.82, 2.24) is 20.2 Å². The Morgan fingerprint density at radius 3 is 2.59 bits per heavy atom. The van der Waals surface area contributed by atoms with E-state index in [1.807, 2.05) is 19.1 Å². The van der Waals surface area contributed by atoms with E-state index in [-0.39, 0.29) is 11.4 Å². The normalized spacial score (nSPS) is 14.6. The van der Waals surface area contributed by atoms with Gasteiger partial charge in [-0.3, -0.25) is 0 Å². The van der Waals surface area contributed by atoms with E-state index in [2.05, 4.69) is 41.5 Å². The number of hydrogen-bond donors (Lipinski definition) is 0. The molecule has 1 aromatic carbocycles. The molecular weight excluding hydrogens is 236 g/mol. The van der Waals surface area contributed by atoms with Gasteiger partial charge >= 0.3 is 0 Å². The van der Waals surface area contributed by atoms with Gasteiger partial charge < -0.3 is 0 Å². The molecule has 4 nitrogen and oxygen atoms in total. The summed E-state index contributed by atoms with van der Waals surface area (Å²) in [6, 6.07) is 8.30. The molecule has 2 aromatic rings. The van der Waals surface area contributed by atoms with Gasteiger partial charge in [0.2, 0.25) is 0 Å². The minimum atomic E-state index is -0.198. The standard InChI is InChI=1S/C12H15ClN4/c1-8-6-4-5-7-11(8)10(3)17-12(9(2)13)14-15-16-17/h4-7,9-10H,1-3H3. The molecule has 1 heterocycles. The predicted molar refractivity (Wildman–Crippen MR) is 67.1 cm³/mol. The van der Waals surface area contributed by atoms with E-state index in [9.17, 15) is 0 Å². The van der Waals surface area contributed by atoms with Gasteiger partial charge in [-0.25, -0.2) is 4.68 Å². The smallest absolute Gasteiger partial charge is 0.169 e. The Morgan fingerprint density at radius 1 is 1.24 bits per heavy atom. The minimum absolute atomic E-state index is 0.0856. The second-order valence-electron chi connectivity index (χ2n) is 4.13. The highest BCUT2D eigenvalue weighted by molar-refractivity contribution is 6.20. The molecule has 2 rings (SSSR count). The van der Waals surface area contributed by atoms with Crippen molar-refractivity contribution in [1.29, 1.82) is 0 Å². The number of rotatable bonds is 3. The molecule has 2 unspecified atom stereocenters. The Balaban J connectivity index is 2.41. The second kappa shape index (κ2) is 4.84. The summed E-state index contributed by atoms with van der Waals surface area (Å²) in [6.07, 6.45) is 0. The van der Waals surface area contributed by atoms with Gasteiger partial charge in [0.05, 0.1) is 11.4 Å². The monoisotopic (exact) mass is 250 g/mol. The molecule has 0 saturated heterocycles. The topological polar surface area (TPSA) is 43.6 Å². The van der Waals surface area contributed by atoms with E-state index in [0.29, 0.717) is 5.82 Å². The molecule has 90 valence electrons. The third-order valence-corrected chi connectivity index (χ3v) is 3.07. The summed E-state index contributed by atoms with van der Waals surface area (Å²) in [6.45, 7) is 6.02. The van der Waals surface area contributed by atoms with Crippen molar-refractivity contribution in [3.8, 4) is 0 Å². The third-order valence-electron chi connectivity index (χ3n) is 2.88. The van der Waals surface area contributed by atoms with Crippen LogP contribution in [0.2, 0.25) is 0 Å². The van der Waals surface area contributed by atoms with Crippen LogP contribution in [-0.4, -0.2) is 20.2 Å². The first-order valence-corrected chi connectivity index (χ1v) is 6.02. The molecule has 0 radical (unpaired) electrons. The molecule has 0 amide bonds. The lowest BCUT2D eigenvalue weighted by atomic mass is 10.0. The lowest BCUT2D eigenvalue weighted by Crippen LogP contribution is -2.14. The number of nitrogens with zero attached hydrogens (tertiary/aromatic N) is 4. The summed E-state index contributed by atoms with van der Waals surface area (Å²) in [4.78, 5) is 0. The predicted octanol–water partition coefficient (Wildman–Crippen LogP) is 2.89. The van der Waals surface area contributed by atoms with E-state index in [1.54, 1.807) is 4.68 Å². The lowest BCUT2D eigenvalue weighted by molar-refractivity contribution is 0.519. The molecular formula is C12H15ClN4. The van der Waals surface area contributed by atoms with Crippen LogP contribution in [0, 0.1) is 6.92 Å². The highest BCUT2D eigenvalue weighted by Gasteiger charge is 2.18. The summed E-state index contributed by atoms with van der Waals surface area (Å²) in [7, 11) is 0. The number of alkyl halides is 1. The molecule has 0 spiro atoms. The summed E-state index contributed by atoms with van der Waals surface area (Å²) in [5.41, 5.74) is 2.43. The van der Waals surface area contributed by atoms with E-state index in [1.165, 1.54) is 11.1 Å². The maximum absolute atomic E-state index is 6.06. The number of aromatic nitrogens is 4. The molecule has 0 fully saturated rings. The highest BCUT2D eigenvalue weighted by Crippen LogP contribution is 2.24. The Labute approximate surface area is 106 Å². The Bertz CT molecular complexity index is 507. The lowest BCUT2D eigenvalue weighted by Gasteiger charge is -2.16. The first-order valence-electron chi connectivity index (χ1n) is 5.58. The number of aryl methyl sites for hydroxylation is 1. The quantitative estimate of drug-likeness (QED) is 0.787. The molecule has 1 aromatic heterocycles. The largest absolute Gasteiger partial charge is 0.221 e. The summed E-state index contributed by atoms with van der Waals surface area (Å²) >= 11 is 6.06. The SMILES string of the molecule is Cc1ccccc1C(C)n1nnnc1C(C)Cl. The van der Waals surface area contributed by atoms with Crippen LogP contribution in [0.4, 0.5) is 0 Å². The van der Waals surface area contributed by atoms with Crippen LogP contribution in [0.15, 0.2) is 24.3 Å². The minimum Gasteiger partial charge on any atom is -0.221 e. The highest BCUT2D eigenvalue weighted by atomic mass is 35.5. The van der Waals surface area contributed by atoms with Gasteiger partial charge in [0.15, 0.2) is 5.82 Å². The molecule has 5 heteroatoms. The Morgan fingerprint density at radius 2 is 1.94 bits per heavy atom. The van der Waals surface area contributed by atoms with E-state index >= 15 is 0 Å². The molecule has 0 aliphatic carbocycles. The van der Waals surface area contributed by atoms with Gasteiger partial charge in [-0.15, -0.1) is 16.7 Å². The fourth-order valence-corrected chi connectivity index (χ4v) is 2.07. The van der Waals surface area contributed by atoms with Crippen molar-refractivity contribution < 1.29 is 0 Å². The maximum Gasteiger partial charge on any atom is 0.169 e. The fraction of sp³-hybridized carbons (Fsp3) is 0.417. The zero-order valence-corrected chi connectivity index (χ0v) is 10.9. The Hall–Kier alpha value is -1.42. The van der Waals surface area contributed by atoms with Crippen LogP contribution >= 0.6 is 11.6 Å². The summed E-state index contributed by atoms with van der Waals surface area (Å²) in [5.74, 6) is 0.697. The average Bonchev–Trinajstić information content (AvgIpc) is 2.77. The van der Waals surface area contributed by atoms with Crippen molar-refractivity contribution in [2.45, 2.75) is 32.2 Å². The number of hydrogen-bond acceptors (Lipinski definition) is 3. The first-order chi connectivity index (χ1) is 8.11. The fourth-order valence-electron chi connectivity index (χ4n) is 1.93. The third kappa shape index (κ3) is 2.31.